The van der Waals surface area contributed by atoms with Crippen molar-refractivity contribution in [3.63, 3.8) is 0 Å². The summed E-state index contributed by atoms with van der Waals surface area (Å²) in [6.07, 6.45) is 0. The summed E-state index contributed by atoms with van der Waals surface area (Å²) in [7, 11) is 2.00. The first-order chi connectivity index (χ1) is 8.08. The zero-order chi connectivity index (χ0) is 12.4. The number of nitro benzene ring substituents is 1. The highest BCUT2D eigenvalue weighted by Crippen LogP contribution is 2.25. The first-order valence-corrected chi connectivity index (χ1v) is 5.45. The van der Waals surface area contributed by atoms with E-state index < -0.39 is 10.7 Å². The lowest BCUT2D eigenvalue weighted by molar-refractivity contribution is -0.384. The van der Waals surface area contributed by atoms with Gasteiger partial charge in [0, 0.05) is 38.3 Å². The van der Waals surface area contributed by atoms with E-state index in [0.29, 0.717) is 18.8 Å². The SMILES string of the molecule is CN1CCN(c2cc([N+](=O)[O-])ccc2F)CC1. The van der Waals surface area contributed by atoms with E-state index in [0.717, 1.165) is 19.2 Å². The van der Waals surface area contributed by atoms with Crippen LogP contribution in [0.15, 0.2) is 18.2 Å². The van der Waals surface area contributed by atoms with Crippen molar-refractivity contribution >= 4 is 11.4 Å². The minimum atomic E-state index is -0.501. The Balaban J connectivity index is 2.25. The lowest BCUT2D eigenvalue weighted by Crippen LogP contribution is -2.44. The van der Waals surface area contributed by atoms with Crippen LogP contribution in [-0.4, -0.2) is 43.0 Å². The van der Waals surface area contributed by atoms with Gasteiger partial charge >= 0.3 is 0 Å². The van der Waals surface area contributed by atoms with Crippen molar-refractivity contribution in [3.05, 3.63) is 34.1 Å². The van der Waals surface area contributed by atoms with Crippen molar-refractivity contribution in [1.29, 1.82) is 0 Å². The van der Waals surface area contributed by atoms with Crippen LogP contribution in [0, 0.1) is 15.9 Å². The maximum atomic E-state index is 13.6. The van der Waals surface area contributed by atoms with Crippen molar-refractivity contribution in [2.24, 2.45) is 0 Å². The Morgan fingerprint density at radius 2 is 1.94 bits per heavy atom. The minimum Gasteiger partial charge on any atom is -0.366 e. The number of anilines is 1. The molecule has 0 aliphatic carbocycles. The average Bonchev–Trinajstić information content (AvgIpc) is 2.31. The number of nitro groups is 1. The normalized spacial score (nSPS) is 17.2. The molecule has 0 aromatic heterocycles. The van der Waals surface area contributed by atoms with Gasteiger partial charge < -0.3 is 9.80 Å². The number of hydrogen-bond donors (Lipinski definition) is 0. The summed E-state index contributed by atoms with van der Waals surface area (Å²) >= 11 is 0. The van der Waals surface area contributed by atoms with Gasteiger partial charge in [-0.05, 0) is 13.1 Å². The van der Waals surface area contributed by atoms with Gasteiger partial charge in [0.2, 0.25) is 0 Å². The molecule has 1 aliphatic heterocycles. The molecule has 1 heterocycles. The van der Waals surface area contributed by atoms with Crippen LogP contribution in [0.25, 0.3) is 0 Å². The second-order valence-corrected chi connectivity index (χ2v) is 4.18. The second kappa shape index (κ2) is 4.67. The summed E-state index contributed by atoms with van der Waals surface area (Å²) in [5.74, 6) is -0.403. The van der Waals surface area contributed by atoms with E-state index in [4.69, 9.17) is 0 Å². The number of piperazine rings is 1. The molecule has 1 aromatic carbocycles. The summed E-state index contributed by atoms with van der Waals surface area (Å²) in [4.78, 5) is 14.1. The van der Waals surface area contributed by atoms with Crippen LogP contribution in [0.2, 0.25) is 0 Å². The molecule has 0 bridgehead atoms. The maximum Gasteiger partial charge on any atom is 0.271 e. The van der Waals surface area contributed by atoms with Gasteiger partial charge in [-0.3, -0.25) is 10.1 Å². The smallest absolute Gasteiger partial charge is 0.271 e. The van der Waals surface area contributed by atoms with Gasteiger partial charge in [0.1, 0.15) is 5.82 Å². The molecule has 0 saturated carbocycles. The molecule has 1 aliphatic rings. The molecule has 0 amide bonds. The molecule has 92 valence electrons. The molecule has 0 atom stereocenters. The maximum absolute atomic E-state index is 13.6. The fourth-order valence-electron chi connectivity index (χ4n) is 1.90. The first-order valence-electron chi connectivity index (χ1n) is 5.45. The molecular weight excluding hydrogens is 225 g/mol. The van der Waals surface area contributed by atoms with Crippen molar-refractivity contribution < 1.29 is 9.31 Å². The third-order valence-corrected chi connectivity index (χ3v) is 2.98. The number of hydrogen-bond acceptors (Lipinski definition) is 4. The van der Waals surface area contributed by atoms with Gasteiger partial charge in [-0.2, -0.15) is 0 Å². The second-order valence-electron chi connectivity index (χ2n) is 4.18. The lowest BCUT2D eigenvalue weighted by Gasteiger charge is -2.34. The van der Waals surface area contributed by atoms with E-state index in [1.165, 1.54) is 12.1 Å². The predicted molar refractivity (Wildman–Crippen MR) is 62.8 cm³/mol. The van der Waals surface area contributed by atoms with Crippen LogP contribution in [0.4, 0.5) is 15.8 Å². The highest BCUT2D eigenvalue weighted by molar-refractivity contribution is 5.54. The fraction of sp³-hybridized carbons (Fsp3) is 0.455. The molecule has 0 N–H and O–H groups in total. The third kappa shape index (κ3) is 2.52. The van der Waals surface area contributed by atoms with Crippen LogP contribution < -0.4 is 4.90 Å². The molecule has 0 unspecified atom stereocenters. The Labute approximate surface area is 98.6 Å². The molecule has 17 heavy (non-hydrogen) atoms. The van der Waals surface area contributed by atoms with Crippen LogP contribution in [0.3, 0.4) is 0 Å². The van der Waals surface area contributed by atoms with E-state index in [1.807, 2.05) is 11.9 Å². The monoisotopic (exact) mass is 239 g/mol. The van der Waals surface area contributed by atoms with Crippen LogP contribution >= 0.6 is 0 Å². The van der Waals surface area contributed by atoms with Crippen LogP contribution in [-0.2, 0) is 0 Å². The largest absolute Gasteiger partial charge is 0.366 e. The molecular formula is C11H14FN3O2. The Bertz CT molecular complexity index is 431. The Morgan fingerprint density at radius 1 is 1.29 bits per heavy atom. The Morgan fingerprint density at radius 3 is 2.53 bits per heavy atom. The molecule has 5 nitrogen and oxygen atoms in total. The zero-order valence-electron chi connectivity index (χ0n) is 9.60. The Kier molecular flexibility index (Phi) is 3.23. The number of benzene rings is 1. The number of halogens is 1. The van der Waals surface area contributed by atoms with Crippen molar-refractivity contribution in [3.8, 4) is 0 Å². The van der Waals surface area contributed by atoms with Gasteiger partial charge in [-0.15, -0.1) is 0 Å². The van der Waals surface area contributed by atoms with E-state index in [-0.39, 0.29) is 5.69 Å². The minimum absolute atomic E-state index is 0.0691. The van der Waals surface area contributed by atoms with Crippen LogP contribution in [0.5, 0.6) is 0 Å². The molecule has 1 aromatic rings. The summed E-state index contributed by atoms with van der Waals surface area (Å²) in [5.41, 5.74) is 0.257. The van der Waals surface area contributed by atoms with Crippen LogP contribution in [0.1, 0.15) is 0 Å². The van der Waals surface area contributed by atoms with Gasteiger partial charge in [0.25, 0.3) is 5.69 Å². The topological polar surface area (TPSA) is 49.6 Å². The van der Waals surface area contributed by atoms with Crippen molar-refractivity contribution in [2.75, 3.05) is 38.1 Å². The predicted octanol–water partition coefficient (Wildman–Crippen LogP) is 1.49. The fourth-order valence-corrected chi connectivity index (χ4v) is 1.90. The highest BCUT2D eigenvalue weighted by Gasteiger charge is 2.19. The first kappa shape index (κ1) is 11.8. The van der Waals surface area contributed by atoms with Gasteiger partial charge in [-0.25, -0.2) is 4.39 Å². The number of likely N-dealkylation sites (N-methyl/N-ethyl adjacent to an activating group) is 1. The molecule has 6 heteroatoms. The van der Waals surface area contributed by atoms with Gasteiger partial charge in [0.05, 0.1) is 10.6 Å². The molecule has 0 radical (unpaired) electrons. The van der Waals surface area contributed by atoms with Crippen molar-refractivity contribution in [1.82, 2.24) is 4.90 Å². The molecule has 0 spiro atoms. The summed E-state index contributed by atoms with van der Waals surface area (Å²) in [6.45, 7) is 3.05. The quantitative estimate of drug-likeness (QED) is 0.579. The Hall–Kier alpha value is -1.69. The number of nitrogens with zero attached hydrogens (tertiary/aromatic N) is 3. The van der Waals surface area contributed by atoms with Gasteiger partial charge in [-0.1, -0.05) is 0 Å². The highest BCUT2D eigenvalue weighted by atomic mass is 19.1. The van der Waals surface area contributed by atoms with E-state index >= 15 is 0 Å². The van der Waals surface area contributed by atoms with Gasteiger partial charge in [0.15, 0.2) is 0 Å². The summed E-state index contributed by atoms with van der Waals surface area (Å²) in [6, 6.07) is 3.65. The lowest BCUT2D eigenvalue weighted by atomic mass is 10.2. The summed E-state index contributed by atoms with van der Waals surface area (Å²) in [5, 5.41) is 10.7. The zero-order valence-corrected chi connectivity index (χ0v) is 9.60. The third-order valence-electron chi connectivity index (χ3n) is 2.98. The average molecular weight is 239 g/mol. The molecule has 1 saturated heterocycles. The van der Waals surface area contributed by atoms with E-state index in [9.17, 15) is 14.5 Å². The number of rotatable bonds is 2. The molecule has 1 fully saturated rings. The standard InChI is InChI=1S/C11H14FN3O2/c1-13-4-6-14(7-5-13)11-8-9(15(16)17)2-3-10(11)12/h2-3,8H,4-7H2,1H3. The van der Waals surface area contributed by atoms with Crippen molar-refractivity contribution in [2.45, 2.75) is 0 Å². The van der Waals surface area contributed by atoms with E-state index in [1.54, 1.807) is 0 Å². The summed E-state index contributed by atoms with van der Waals surface area (Å²) < 4.78 is 13.6. The number of non-ortho nitro benzene ring substituents is 1. The van der Waals surface area contributed by atoms with E-state index in [2.05, 4.69) is 4.90 Å². The molecule has 2 rings (SSSR count).